The third-order valence-electron chi connectivity index (χ3n) is 5.19. The van der Waals surface area contributed by atoms with Crippen molar-refractivity contribution in [2.24, 2.45) is 11.7 Å². The van der Waals surface area contributed by atoms with E-state index in [9.17, 15) is 0 Å². The fourth-order valence-electron chi connectivity index (χ4n) is 3.94. The topological polar surface area (TPSA) is 64.9 Å². The quantitative estimate of drug-likeness (QED) is 0.910. The van der Waals surface area contributed by atoms with Crippen LogP contribution in [-0.4, -0.2) is 16.2 Å². The summed E-state index contributed by atoms with van der Waals surface area (Å²) in [6.45, 7) is 2.28. The van der Waals surface area contributed by atoms with Crippen LogP contribution < -0.4 is 5.73 Å². The number of aromatic nitrogens is 2. The molecule has 1 aromatic rings. The van der Waals surface area contributed by atoms with Gasteiger partial charge in [-0.05, 0) is 50.9 Å². The highest BCUT2D eigenvalue weighted by Gasteiger charge is 2.30. The lowest BCUT2D eigenvalue weighted by Gasteiger charge is -2.26. The van der Waals surface area contributed by atoms with Gasteiger partial charge in [0.05, 0.1) is 0 Å². The normalized spacial score (nSPS) is 34.5. The Hall–Kier alpha value is -0.900. The summed E-state index contributed by atoms with van der Waals surface area (Å²) in [4.78, 5) is 4.69. The van der Waals surface area contributed by atoms with Crippen molar-refractivity contribution in [1.29, 1.82) is 0 Å². The molecule has 4 heteroatoms. The lowest BCUT2D eigenvalue weighted by molar-refractivity contribution is 0.293. The smallest absolute Gasteiger partial charge is 0.229 e. The molecule has 0 spiro atoms. The summed E-state index contributed by atoms with van der Waals surface area (Å²) < 4.78 is 5.51. The van der Waals surface area contributed by atoms with E-state index in [4.69, 9.17) is 10.3 Å². The largest absolute Gasteiger partial charge is 0.339 e. The summed E-state index contributed by atoms with van der Waals surface area (Å²) in [5.41, 5.74) is 5.97. The van der Waals surface area contributed by atoms with E-state index in [1.807, 2.05) is 0 Å². The van der Waals surface area contributed by atoms with E-state index in [1.54, 1.807) is 0 Å². The van der Waals surface area contributed by atoms with Gasteiger partial charge in [-0.25, -0.2) is 0 Å². The minimum Gasteiger partial charge on any atom is -0.339 e. The SMILES string of the molecule is CCCC1CCC(c2noc([C@@H]3CC[C@H](N)C3)n2)CC1. The van der Waals surface area contributed by atoms with Crippen molar-refractivity contribution in [2.45, 2.75) is 82.6 Å². The molecule has 0 radical (unpaired) electrons. The monoisotopic (exact) mass is 277 g/mol. The summed E-state index contributed by atoms with van der Waals surface area (Å²) in [6.07, 6.45) is 11.0. The van der Waals surface area contributed by atoms with Crippen LogP contribution in [0.4, 0.5) is 0 Å². The molecule has 20 heavy (non-hydrogen) atoms. The third kappa shape index (κ3) is 3.05. The standard InChI is InChI=1S/C16H27N3O/c1-2-3-11-4-6-12(7-5-11)15-18-16(20-19-15)13-8-9-14(17)10-13/h11-14H,2-10,17H2,1H3/t11?,12?,13-,14+/m1/s1. The average molecular weight is 277 g/mol. The maximum atomic E-state index is 5.97. The summed E-state index contributed by atoms with van der Waals surface area (Å²) in [7, 11) is 0. The van der Waals surface area contributed by atoms with Crippen molar-refractivity contribution < 1.29 is 4.52 Å². The van der Waals surface area contributed by atoms with Gasteiger partial charge in [0.1, 0.15) is 0 Å². The van der Waals surface area contributed by atoms with Gasteiger partial charge in [-0.1, -0.05) is 24.9 Å². The molecule has 1 aromatic heterocycles. The van der Waals surface area contributed by atoms with Gasteiger partial charge < -0.3 is 10.3 Å². The number of nitrogens with zero attached hydrogens (tertiary/aromatic N) is 2. The molecular weight excluding hydrogens is 250 g/mol. The fraction of sp³-hybridized carbons (Fsp3) is 0.875. The van der Waals surface area contributed by atoms with Gasteiger partial charge in [0.2, 0.25) is 5.89 Å². The first-order valence-corrected chi connectivity index (χ1v) is 8.35. The van der Waals surface area contributed by atoms with Crippen molar-refractivity contribution in [3.63, 3.8) is 0 Å². The predicted molar refractivity (Wildman–Crippen MR) is 78.5 cm³/mol. The molecule has 2 saturated carbocycles. The van der Waals surface area contributed by atoms with Gasteiger partial charge in [0, 0.05) is 17.9 Å². The fourth-order valence-corrected chi connectivity index (χ4v) is 3.94. The van der Waals surface area contributed by atoms with E-state index in [2.05, 4.69) is 17.1 Å². The Balaban J connectivity index is 1.57. The minimum atomic E-state index is 0.319. The highest BCUT2D eigenvalue weighted by atomic mass is 16.5. The Morgan fingerprint density at radius 1 is 1.10 bits per heavy atom. The van der Waals surface area contributed by atoms with Crippen molar-refractivity contribution in [3.05, 3.63) is 11.7 Å². The van der Waals surface area contributed by atoms with Crippen LogP contribution in [0.25, 0.3) is 0 Å². The zero-order valence-electron chi connectivity index (χ0n) is 12.6. The van der Waals surface area contributed by atoms with E-state index in [1.165, 1.54) is 38.5 Å². The highest BCUT2D eigenvalue weighted by Crippen LogP contribution is 2.38. The molecule has 0 bridgehead atoms. The van der Waals surface area contributed by atoms with E-state index < -0.39 is 0 Å². The second-order valence-corrected chi connectivity index (χ2v) is 6.77. The van der Waals surface area contributed by atoms with E-state index >= 15 is 0 Å². The van der Waals surface area contributed by atoms with E-state index in [0.717, 1.165) is 36.9 Å². The molecule has 0 amide bonds. The van der Waals surface area contributed by atoms with Crippen LogP contribution in [0.2, 0.25) is 0 Å². The number of nitrogens with two attached hydrogens (primary N) is 1. The van der Waals surface area contributed by atoms with Gasteiger partial charge in [-0.3, -0.25) is 0 Å². The molecule has 0 saturated heterocycles. The Labute approximate surface area is 121 Å². The predicted octanol–water partition coefficient (Wildman–Crippen LogP) is 3.74. The molecule has 2 atom stereocenters. The summed E-state index contributed by atoms with van der Waals surface area (Å²) in [5, 5.41) is 4.25. The van der Waals surface area contributed by atoms with Gasteiger partial charge >= 0.3 is 0 Å². The second-order valence-electron chi connectivity index (χ2n) is 6.77. The van der Waals surface area contributed by atoms with Gasteiger partial charge in [-0.15, -0.1) is 0 Å². The van der Waals surface area contributed by atoms with Crippen LogP contribution in [0.3, 0.4) is 0 Å². The van der Waals surface area contributed by atoms with Crippen LogP contribution in [0.1, 0.15) is 88.3 Å². The van der Waals surface area contributed by atoms with Gasteiger partial charge in [0.15, 0.2) is 5.82 Å². The lowest BCUT2D eigenvalue weighted by atomic mass is 9.80. The molecule has 4 nitrogen and oxygen atoms in total. The Kier molecular flexibility index (Phi) is 4.39. The maximum absolute atomic E-state index is 5.97. The molecule has 112 valence electrons. The summed E-state index contributed by atoms with van der Waals surface area (Å²) in [6, 6.07) is 0.319. The van der Waals surface area contributed by atoms with Crippen molar-refractivity contribution in [2.75, 3.05) is 0 Å². The Bertz CT molecular complexity index is 423. The first kappa shape index (κ1) is 14.1. The number of rotatable bonds is 4. The summed E-state index contributed by atoms with van der Waals surface area (Å²) >= 11 is 0. The lowest BCUT2D eigenvalue weighted by Crippen LogP contribution is -2.15. The molecule has 2 aliphatic carbocycles. The second kappa shape index (κ2) is 6.25. The van der Waals surface area contributed by atoms with E-state index in [-0.39, 0.29) is 0 Å². The minimum absolute atomic E-state index is 0.319. The Morgan fingerprint density at radius 3 is 2.50 bits per heavy atom. The van der Waals surface area contributed by atoms with Crippen LogP contribution in [0, 0.1) is 5.92 Å². The molecule has 3 rings (SSSR count). The number of hydrogen-bond acceptors (Lipinski definition) is 4. The molecule has 0 aromatic carbocycles. The molecule has 2 aliphatic rings. The zero-order valence-corrected chi connectivity index (χ0v) is 12.6. The highest BCUT2D eigenvalue weighted by molar-refractivity contribution is 5.03. The summed E-state index contributed by atoms with van der Waals surface area (Å²) in [5.74, 6) is 3.65. The molecule has 2 fully saturated rings. The molecule has 0 aliphatic heterocycles. The first-order valence-electron chi connectivity index (χ1n) is 8.35. The van der Waals surface area contributed by atoms with Crippen molar-refractivity contribution >= 4 is 0 Å². The van der Waals surface area contributed by atoms with Gasteiger partial charge in [0.25, 0.3) is 0 Å². The van der Waals surface area contributed by atoms with Crippen LogP contribution >= 0.6 is 0 Å². The van der Waals surface area contributed by atoms with Gasteiger partial charge in [-0.2, -0.15) is 4.98 Å². The zero-order chi connectivity index (χ0) is 13.9. The Morgan fingerprint density at radius 2 is 1.85 bits per heavy atom. The van der Waals surface area contributed by atoms with Crippen LogP contribution in [0.5, 0.6) is 0 Å². The molecule has 1 heterocycles. The average Bonchev–Trinajstić information content (AvgIpc) is 3.09. The van der Waals surface area contributed by atoms with Crippen molar-refractivity contribution in [1.82, 2.24) is 10.1 Å². The van der Waals surface area contributed by atoms with Crippen LogP contribution in [0.15, 0.2) is 4.52 Å². The van der Waals surface area contributed by atoms with Crippen LogP contribution in [-0.2, 0) is 0 Å². The van der Waals surface area contributed by atoms with E-state index in [0.29, 0.717) is 17.9 Å². The first-order chi connectivity index (χ1) is 9.76. The molecular formula is C16H27N3O. The molecule has 0 unspecified atom stereocenters. The van der Waals surface area contributed by atoms with Crippen molar-refractivity contribution in [3.8, 4) is 0 Å². The molecule has 2 N–H and O–H groups in total. The maximum Gasteiger partial charge on any atom is 0.229 e. The third-order valence-corrected chi connectivity index (χ3v) is 5.19. The number of hydrogen-bond donors (Lipinski definition) is 1.